The second-order valence-corrected chi connectivity index (χ2v) is 17.5. The van der Waals surface area contributed by atoms with Crippen LogP contribution in [0.4, 0.5) is 17.1 Å². The maximum Gasteiger partial charge on any atom is 0.159 e. The monoisotopic (exact) mass is 841 g/mol. The summed E-state index contributed by atoms with van der Waals surface area (Å²) in [5, 5.41) is 8.96. The van der Waals surface area contributed by atoms with Gasteiger partial charge in [-0.05, 0) is 80.6 Å². The van der Waals surface area contributed by atoms with Crippen LogP contribution in [0.25, 0.3) is 87.7 Å². The standard InChI is InChI=1S/C63H39NO2/c1-3-18-43(19-4-1)63(44-20-5-2-6-21-44)54-28-12-11-24-53(54)58-55(63)29-15-30-56(58)64(57-31-14-27-50-52-39-35-41-17-8-10-23-47(41)61(52)66-62(50)57)45-36-32-42(33-37-45)48-25-13-26-49-51-38-34-40-16-7-9-22-46(40)60(51)65-59(48)49/h1-39H. The van der Waals surface area contributed by atoms with E-state index in [0.717, 1.165) is 88.2 Å². The summed E-state index contributed by atoms with van der Waals surface area (Å²) >= 11 is 0. The highest BCUT2D eigenvalue weighted by molar-refractivity contribution is 6.19. The van der Waals surface area contributed by atoms with Gasteiger partial charge in [0, 0.05) is 49.1 Å². The van der Waals surface area contributed by atoms with Gasteiger partial charge in [0.15, 0.2) is 5.58 Å². The van der Waals surface area contributed by atoms with E-state index in [1.54, 1.807) is 0 Å². The fraction of sp³-hybridized carbons (Fsp3) is 0.0159. The molecule has 1 aliphatic carbocycles. The van der Waals surface area contributed by atoms with Crippen molar-refractivity contribution in [2.45, 2.75) is 5.41 Å². The van der Waals surface area contributed by atoms with E-state index < -0.39 is 5.41 Å². The van der Waals surface area contributed by atoms with Gasteiger partial charge in [-0.25, -0.2) is 0 Å². The molecule has 66 heavy (non-hydrogen) atoms. The molecule has 0 amide bonds. The van der Waals surface area contributed by atoms with Gasteiger partial charge in [-0.2, -0.15) is 0 Å². The number of anilines is 3. The summed E-state index contributed by atoms with van der Waals surface area (Å²) < 4.78 is 14.0. The Hall–Kier alpha value is -8.66. The number of hydrogen-bond acceptors (Lipinski definition) is 3. The van der Waals surface area contributed by atoms with Crippen LogP contribution >= 0.6 is 0 Å². The van der Waals surface area contributed by atoms with Crippen molar-refractivity contribution in [1.29, 1.82) is 0 Å². The van der Waals surface area contributed by atoms with Crippen molar-refractivity contribution < 1.29 is 8.83 Å². The number of hydrogen-bond donors (Lipinski definition) is 0. The summed E-state index contributed by atoms with van der Waals surface area (Å²) in [6.07, 6.45) is 0. The van der Waals surface area contributed by atoms with E-state index in [2.05, 4.69) is 241 Å². The lowest BCUT2D eigenvalue weighted by Crippen LogP contribution is -2.28. The normalized spacial score (nSPS) is 13.0. The Morgan fingerprint density at radius 2 is 0.788 bits per heavy atom. The first-order valence-corrected chi connectivity index (χ1v) is 22.7. The molecule has 0 atom stereocenters. The summed E-state index contributed by atoms with van der Waals surface area (Å²) in [4.78, 5) is 2.42. The Morgan fingerprint density at radius 3 is 1.47 bits per heavy atom. The highest BCUT2D eigenvalue weighted by Gasteiger charge is 2.47. The smallest absolute Gasteiger partial charge is 0.159 e. The lowest BCUT2D eigenvalue weighted by atomic mass is 9.68. The minimum atomic E-state index is -0.555. The predicted octanol–water partition coefficient (Wildman–Crippen LogP) is 17.3. The van der Waals surface area contributed by atoms with Gasteiger partial charge >= 0.3 is 0 Å². The van der Waals surface area contributed by atoms with Crippen molar-refractivity contribution in [3.63, 3.8) is 0 Å². The molecule has 0 fully saturated rings. The second-order valence-electron chi connectivity index (χ2n) is 17.5. The highest BCUT2D eigenvalue weighted by Crippen LogP contribution is 2.60. The molecule has 14 rings (SSSR count). The molecule has 0 aliphatic heterocycles. The fourth-order valence-electron chi connectivity index (χ4n) is 11.3. The van der Waals surface area contributed by atoms with Crippen LogP contribution in [-0.4, -0.2) is 0 Å². The molecule has 3 heteroatoms. The molecular weight excluding hydrogens is 803 g/mol. The lowest BCUT2D eigenvalue weighted by molar-refractivity contribution is 0.672. The molecule has 0 spiro atoms. The van der Waals surface area contributed by atoms with Gasteiger partial charge in [-0.15, -0.1) is 0 Å². The molecule has 0 saturated heterocycles. The van der Waals surface area contributed by atoms with Crippen molar-refractivity contribution in [3.8, 4) is 22.3 Å². The molecule has 308 valence electrons. The van der Waals surface area contributed by atoms with Crippen LogP contribution in [0.3, 0.4) is 0 Å². The molecule has 3 nitrogen and oxygen atoms in total. The molecule has 2 heterocycles. The first-order valence-electron chi connectivity index (χ1n) is 22.7. The van der Waals surface area contributed by atoms with Crippen LogP contribution in [0.1, 0.15) is 22.3 Å². The zero-order chi connectivity index (χ0) is 43.3. The van der Waals surface area contributed by atoms with Crippen molar-refractivity contribution >= 4 is 82.5 Å². The average molecular weight is 842 g/mol. The molecule has 0 unspecified atom stereocenters. The van der Waals surface area contributed by atoms with Crippen molar-refractivity contribution in [3.05, 3.63) is 259 Å². The van der Waals surface area contributed by atoms with Gasteiger partial charge < -0.3 is 13.7 Å². The molecule has 0 saturated carbocycles. The summed E-state index contributed by atoms with van der Waals surface area (Å²) in [6.45, 7) is 0. The van der Waals surface area contributed by atoms with E-state index in [0.29, 0.717) is 0 Å². The van der Waals surface area contributed by atoms with Gasteiger partial charge in [0.1, 0.15) is 16.7 Å². The van der Waals surface area contributed by atoms with Gasteiger partial charge in [-0.1, -0.05) is 200 Å². The van der Waals surface area contributed by atoms with Crippen LogP contribution in [0, 0.1) is 0 Å². The zero-order valence-corrected chi connectivity index (χ0v) is 35.8. The van der Waals surface area contributed by atoms with E-state index in [1.165, 1.54) is 38.8 Å². The maximum absolute atomic E-state index is 7.14. The van der Waals surface area contributed by atoms with E-state index in [9.17, 15) is 0 Å². The molecule has 0 N–H and O–H groups in total. The van der Waals surface area contributed by atoms with Gasteiger partial charge in [-0.3, -0.25) is 0 Å². The topological polar surface area (TPSA) is 29.5 Å². The quantitative estimate of drug-likeness (QED) is 0.167. The fourth-order valence-corrected chi connectivity index (χ4v) is 11.3. The van der Waals surface area contributed by atoms with Crippen molar-refractivity contribution in [2.75, 3.05) is 4.90 Å². The first kappa shape index (κ1) is 36.8. The number of rotatable bonds is 6. The van der Waals surface area contributed by atoms with Gasteiger partial charge in [0.2, 0.25) is 0 Å². The van der Waals surface area contributed by atoms with Crippen molar-refractivity contribution in [1.82, 2.24) is 0 Å². The molecule has 0 radical (unpaired) electrons. The van der Waals surface area contributed by atoms with E-state index in [1.807, 2.05) is 0 Å². The van der Waals surface area contributed by atoms with Gasteiger partial charge in [0.25, 0.3) is 0 Å². The molecule has 11 aromatic carbocycles. The molecule has 13 aromatic rings. The molecular formula is C63H39NO2. The Bertz CT molecular complexity index is 4010. The van der Waals surface area contributed by atoms with Crippen LogP contribution in [0.5, 0.6) is 0 Å². The number of fused-ring (bicyclic) bond motifs is 13. The predicted molar refractivity (Wildman–Crippen MR) is 273 cm³/mol. The van der Waals surface area contributed by atoms with Crippen LogP contribution in [-0.2, 0) is 5.41 Å². The Labute approximate surface area is 381 Å². The number of para-hydroxylation sites is 2. The Morgan fingerprint density at radius 1 is 0.303 bits per heavy atom. The van der Waals surface area contributed by atoms with E-state index in [4.69, 9.17) is 8.83 Å². The first-order chi connectivity index (χ1) is 32.8. The summed E-state index contributed by atoms with van der Waals surface area (Å²) in [6, 6.07) is 85.7. The maximum atomic E-state index is 7.14. The van der Waals surface area contributed by atoms with E-state index >= 15 is 0 Å². The largest absolute Gasteiger partial charge is 0.455 e. The van der Waals surface area contributed by atoms with Crippen LogP contribution in [0.15, 0.2) is 245 Å². The second kappa shape index (κ2) is 14.2. The Kier molecular flexibility index (Phi) is 7.90. The highest BCUT2D eigenvalue weighted by atomic mass is 16.3. The van der Waals surface area contributed by atoms with Gasteiger partial charge in [0.05, 0.1) is 16.8 Å². The molecule has 0 bridgehead atoms. The lowest BCUT2D eigenvalue weighted by Gasteiger charge is -2.34. The van der Waals surface area contributed by atoms with Crippen molar-refractivity contribution in [2.24, 2.45) is 0 Å². The SMILES string of the molecule is c1ccc(C2(c3ccccc3)c3ccccc3-c3c(N(c4ccc(-c5cccc6c5oc5c7ccccc7ccc65)cc4)c4cccc5c4oc4c6ccccc6ccc54)cccc32)cc1. The third-order valence-electron chi connectivity index (χ3n) is 14.1. The number of furan rings is 2. The summed E-state index contributed by atoms with van der Waals surface area (Å²) in [7, 11) is 0. The van der Waals surface area contributed by atoms with Crippen LogP contribution < -0.4 is 4.90 Å². The van der Waals surface area contributed by atoms with E-state index in [-0.39, 0.29) is 0 Å². The minimum absolute atomic E-state index is 0.555. The molecule has 1 aliphatic rings. The van der Waals surface area contributed by atoms with Crippen LogP contribution in [0.2, 0.25) is 0 Å². The molecule has 2 aromatic heterocycles. The Balaban J connectivity index is 1.03. The number of benzene rings is 11. The minimum Gasteiger partial charge on any atom is -0.455 e. The third-order valence-corrected chi connectivity index (χ3v) is 14.1. The zero-order valence-electron chi connectivity index (χ0n) is 35.8. The number of nitrogens with zero attached hydrogens (tertiary/aromatic N) is 1. The summed E-state index contributed by atoms with van der Waals surface area (Å²) in [5.74, 6) is 0. The average Bonchev–Trinajstić information content (AvgIpc) is 4.07. The third kappa shape index (κ3) is 5.14. The summed E-state index contributed by atoms with van der Waals surface area (Å²) in [5.41, 5.74) is 15.6.